The van der Waals surface area contributed by atoms with Gasteiger partial charge in [-0.15, -0.1) is 0 Å². The van der Waals surface area contributed by atoms with Crippen molar-refractivity contribution in [3.05, 3.63) is 23.8 Å². The first-order valence-corrected chi connectivity index (χ1v) is 7.08. The molecule has 0 bridgehead atoms. The van der Waals surface area contributed by atoms with Gasteiger partial charge in [0.05, 0.1) is 7.11 Å². The van der Waals surface area contributed by atoms with Gasteiger partial charge in [-0.25, -0.2) is 0 Å². The smallest absolute Gasteiger partial charge is 0.160 e. The summed E-state index contributed by atoms with van der Waals surface area (Å²) in [5.74, 6) is 0.738. The highest BCUT2D eigenvalue weighted by atomic mass is 16.5. The normalized spacial score (nSPS) is 18.2. The van der Waals surface area contributed by atoms with Crippen LogP contribution in [0.5, 0.6) is 11.5 Å². The van der Waals surface area contributed by atoms with E-state index in [4.69, 9.17) is 4.74 Å². The number of ether oxygens (including phenoxy) is 1. The highest BCUT2D eigenvalue weighted by Crippen LogP contribution is 2.31. The Morgan fingerprint density at radius 2 is 2.05 bits per heavy atom. The Morgan fingerprint density at radius 1 is 1.35 bits per heavy atom. The summed E-state index contributed by atoms with van der Waals surface area (Å²) in [6.07, 6.45) is 0. The summed E-state index contributed by atoms with van der Waals surface area (Å²) in [7, 11) is 5.77. The first kappa shape index (κ1) is 15.1. The fourth-order valence-electron chi connectivity index (χ4n) is 2.67. The van der Waals surface area contributed by atoms with Crippen molar-refractivity contribution in [2.75, 3.05) is 53.9 Å². The van der Waals surface area contributed by atoms with Gasteiger partial charge in [-0.2, -0.15) is 0 Å². The SMILES string of the molecule is COc1cc(C(CN(C)C)N2CCNCC2)ccc1O. The van der Waals surface area contributed by atoms with Crippen LogP contribution in [0.2, 0.25) is 0 Å². The molecule has 1 aliphatic rings. The van der Waals surface area contributed by atoms with Crippen LogP contribution < -0.4 is 10.1 Å². The molecule has 5 heteroatoms. The molecule has 0 aliphatic carbocycles. The fraction of sp³-hybridized carbons (Fsp3) is 0.600. The molecule has 5 nitrogen and oxygen atoms in total. The van der Waals surface area contributed by atoms with Crippen molar-refractivity contribution in [3.63, 3.8) is 0 Å². The molecule has 1 atom stereocenters. The van der Waals surface area contributed by atoms with Crippen LogP contribution in [0, 0.1) is 0 Å². The first-order chi connectivity index (χ1) is 9.61. The molecule has 20 heavy (non-hydrogen) atoms. The monoisotopic (exact) mass is 279 g/mol. The molecular weight excluding hydrogens is 254 g/mol. The molecule has 1 unspecified atom stereocenters. The van der Waals surface area contributed by atoms with E-state index in [-0.39, 0.29) is 5.75 Å². The van der Waals surface area contributed by atoms with E-state index in [1.54, 1.807) is 13.2 Å². The van der Waals surface area contributed by atoms with Crippen molar-refractivity contribution in [1.82, 2.24) is 15.1 Å². The van der Waals surface area contributed by atoms with Crippen LogP contribution in [0.1, 0.15) is 11.6 Å². The number of piperazine rings is 1. The molecule has 2 rings (SSSR count). The topological polar surface area (TPSA) is 48.0 Å². The lowest BCUT2D eigenvalue weighted by Crippen LogP contribution is -2.47. The minimum atomic E-state index is 0.195. The quantitative estimate of drug-likeness (QED) is 0.839. The van der Waals surface area contributed by atoms with Crippen LogP contribution in [0.4, 0.5) is 0 Å². The van der Waals surface area contributed by atoms with Gasteiger partial charge in [0.1, 0.15) is 0 Å². The molecule has 1 aliphatic heterocycles. The number of likely N-dealkylation sites (N-methyl/N-ethyl adjacent to an activating group) is 1. The van der Waals surface area contributed by atoms with Crippen LogP contribution in [0.15, 0.2) is 18.2 Å². The number of aromatic hydroxyl groups is 1. The van der Waals surface area contributed by atoms with Gasteiger partial charge in [0.2, 0.25) is 0 Å². The number of methoxy groups -OCH3 is 1. The zero-order valence-electron chi connectivity index (χ0n) is 12.6. The summed E-state index contributed by atoms with van der Waals surface area (Å²) in [4.78, 5) is 4.69. The lowest BCUT2D eigenvalue weighted by atomic mass is 10.0. The zero-order valence-corrected chi connectivity index (χ0v) is 12.6. The molecule has 0 saturated carbocycles. The predicted molar refractivity (Wildman–Crippen MR) is 80.4 cm³/mol. The van der Waals surface area contributed by atoms with Crippen molar-refractivity contribution in [2.24, 2.45) is 0 Å². The molecule has 0 amide bonds. The number of phenols is 1. The maximum atomic E-state index is 9.75. The minimum absolute atomic E-state index is 0.195. The molecule has 1 aromatic carbocycles. The van der Waals surface area contributed by atoms with E-state index in [0.717, 1.165) is 32.7 Å². The molecule has 1 saturated heterocycles. The van der Waals surface area contributed by atoms with Gasteiger partial charge in [0, 0.05) is 38.8 Å². The third kappa shape index (κ3) is 3.62. The summed E-state index contributed by atoms with van der Waals surface area (Å²) in [6.45, 7) is 5.09. The van der Waals surface area contributed by atoms with E-state index < -0.39 is 0 Å². The molecule has 0 radical (unpaired) electrons. The Morgan fingerprint density at radius 3 is 2.65 bits per heavy atom. The van der Waals surface area contributed by atoms with Crippen molar-refractivity contribution in [3.8, 4) is 11.5 Å². The van der Waals surface area contributed by atoms with Crippen LogP contribution in [-0.4, -0.2) is 68.8 Å². The third-order valence-electron chi connectivity index (χ3n) is 3.72. The Balaban J connectivity index is 2.24. The second-order valence-corrected chi connectivity index (χ2v) is 5.50. The summed E-state index contributed by atoms with van der Waals surface area (Å²) < 4.78 is 5.23. The minimum Gasteiger partial charge on any atom is -0.504 e. The van der Waals surface area contributed by atoms with Gasteiger partial charge in [0.25, 0.3) is 0 Å². The average molecular weight is 279 g/mol. The maximum absolute atomic E-state index is 9.75. The number of hydrogen-bond acceptors (Lipinski definition) is 5. The van der Waals surface area contributed by atoms with Gasteiger partial charge in [-0.05, 0) is 31.8 Å². The van der Waals surface area contributed by atoms with E-state index in [0.29, 0.717) is 11.8 Å². The third-order valence-corrected chi connectivity index (χ3v) is 3.72. The molecule has 1 aromatic rings. The molecule has 1 fully saturated rings. The standard InChI is InChI=1S/C15H25N3O2/c1-17(2)11-13(18-8-6-16-7-9-18)12-4-5-14(19)15(10-12)20-3/h4-5,10,13,16,19H,6-9,11H2,1-3H3. The van der Waals surface area contributed by atoms with Crippen molar-refractivity contribution >= 4 is 0 Å². The Hall–Kier alpha value is -1.30. The van der Waals surface area contributed by atoms with Crippen molar-refractivity contribution in [1.29, 1.82) is 0 Å². The fourth-order valence-corrected chi connectivity index (χ4v) is 2.67. The highest BCUT2D eigenvalue weighted by molar-refractivity contribution is 5.42. The zero-order chi connectivity index (χ0) is 14.5. The summed E-state index contributed by atoms with van der Waals surface area (Å²) in [5, 5.41) is 13.1. The largest absolute Gasteiger partial charge is 0.504 e. The van der Waals surface area contributed by atoms with Gasteiger partial charge < -0.3 is 20.1 Å². The number of nitrogens with zero attached hydrogens (tertiary/aromatic N) is 2. The number of nitrogens with one attached hydrogen (secondary N) is 1. The summed E-state index contributed by atoms with van der Waals surface area (Å²) >= 11 is 0. The van der Waals surface area contributed by atoms with Crippen molar-refractivity contribution in [2.45, 2.75) is 6.04 Å². The number of benzene rings is 1. The van der Waals surface area contributed by atoms with E-state index in [9.17, 15) is 5.11 Å². The highest BCUT2D eigenvalue weighted by Gasteiger charge is 2.23. The van der Waals surface area contributed by atoms with E-state index in [2.05, 4.69) is 29.2 Å². The Labute approximate surface area is 121 Å². The van der Waals surface area contributed by atoms with E-state index >= 15 is 0 Å². The molecule has 1 heterocycles. The number of rotatable bonds is 5. The van der Waals surface area contributed by atoms with Gasteiger partial charge in [-0.3, -0.25) is 4.90 Å². The summed E-state index contributed by atoms with van der Waals surface area (Å²) in [6, 6.07) is 5.99. The molecule has 0 aromatic heterocycles. The molecule has 2 N–H and O–H groups in total. The molecule has 112 valence electrons. The van der Waals surface area contributed by atoms with E-state index in [1.165, 1.54) is 5.56 Å². The van der Waals surface area contributed by atoms with Gasteiger partial charge in [0.15, 0.2) is 11.5 Å². The molecular formula is C15H25N3O2. The van der Waals surface area contributed by atoms with E-state index in [1.807, 2.05) is 12.1 Å². The average Bonchev–Trinajstić information content (AvgIpc) is 2.46. The van der Waals surface area contributed by atoms with Gasteiger partial charge in [-0.1, -0.05) is 6.07 Å². The lowest BCUT2D eigenvalue weighted by molar-refractivity contribution is 0.144. The van der Waals surface area contributed by atoms with Crippen LogP contribution in [0.3, 0.4) is 0 Å². The predicted octanol–water partition coefficient (Wildman–Crippen LogP) is 0.909. The maximum Gasteiger partial charge on any atom is 0.160 e. The second-order valence-electron chi connectivity index (χ2n) is 5.50. The van der Waals surface area contributed by atoms with Crippen molar-refractivity contribution < 1.29 is 9.84 Å². The van der Waals surface area contributed by atoms with Crippen LogP contribution >= 0.6 is 0 Å². The van der Waals surface area contributed by atoms with Gasteiger partial charge >= 0.3 is 0 Å². The Bertz CT molecular complexity index is 431. The molecule has 0 spiro atoms. The second kappa shape index (κ2) is 6.92. The number of phenolic OH excluding ortho intramolecular Hbond substituents is 1. The lowest BCUT2D eigenvalue weighted by Gasteiger charge is -2.36. The number of hydrogen-bond donors (Lipinski definition) is 2. The van der Waals surface area contributed by atoms with Crippen LogP contribution in [-0.2, 0) is 0 Å². The first-order valence-electron chi connectivity index (χ1n) is 7.08. The summed E-state index contributed by atoms with van der Waals surface area (Å²) in [5.41, 5.74) is 1.19. The Kier molecular flexibility index (Phi) is 5.23. The van der Waals surface area contributed by atoms with Crippen LogP contribution in [0.25, 0.3) is 0 Å².